The lowest BCUT2D eigenvalue weighted by Gasteiger charge is -2.09. The molecule has 2 aromatic carbocycles. The zero-order valence-corrected chi connectivity index (χ0v) is 18.6. The fourth-order valence-electron chi connectivity index (χ4n) is 3.20. The first kappa shape index (κ1) is 23.0. The van der Waals surface area contributed by atoms with Crippen molar-refractivity contribution >= 4 is 29.4 Å². The van der Waals surface area contributed by atoms with E-state index < -0.39 is 24.4 Å². The van der Waals surface area contributed by atoms with Gasteiger partial charge in [0.15, 0.2) is 6.61 Å². The van der Waals surface area contributed by atoms with Crippen LogP contribution in [-0.4, -0.2) is 41.3 Å². The van der Waals surface area contributed by atoms with Crippen molar-refractivity contribution in [1.82, 2.24) is 15.1 Å². The van der Waals surface area contributed by atoms with Crippen LogP contribution in [-0.2, 0) is 16.1 Å². The number of halogens is 1. The SMILES string of the molecule is COc1ccccc1C(=O)NC(=O)COC(=O)c1c(C)nn(Cc2ccccc2Cl)c1C. The molecule has 0 bridgehead atoms. The number of imide groups is 1. The maximum absolute atomic E-state index is 12.6. The highest BCUT2D eigenvalue weighted by Crippen LogP contribution is 2.20. The Bertz CT molecular complexity index is 1170. The number of rotatable bonds is 7. The molecule has 0 atom stereocenters. The number of carbonyl (C=O) groups excluding carboxylic acids is 3. The lowest BCUT2D eigenvalue weighted by Crippen LogP contribution is -2.34. The number of carbonyl (C=O) groups is 3. The first-order valence-electron chi connectivity index (χ1n) is 9.73. The second-order valence-electron chi connectivity index (χ2n) is 6.95. The van der Waals surface area contributed by atoms with E-state index in [1.165, 1.54) is 13.2 Å². The quantitative estimate of drug-likeness (QED) is 0.548. The number of para-hydroxylation sites is 1. The summed E-state index contributed by atoms with van der Waals surface area (Å²) in [6.45, 7) is 3.18. The predicted octanol–water partition coefficient (Wildman–Crippen LogP) is 3.32. The van der Waals surface area contributed by atoms with Gasteiger partial charge in [-0.3, -0.25) is 19.6 Å². The molecule has 0 aliphatic carbocycles. The van der Waals surface area contributed by atoms with Crippen molar-refractivity contribution in [2.45, 2.75) is 20.4 Å². The minimum Gasteiger partial charge on any atom is -0.496 e. The molecule has 1 N–H and O–H groups in total. The number of hydrogen-bond donors (Lipinski definition) is 1. The molecule has 0 spiro atoms. The molecule has 0 aliphatic rings. The first-order chi connectivity index (χ1) is 15.3. The predicted molar refractivity (Wildman–Crippen MR) is 118 cm³/mol. The van der Waals surface area contributed by atoms with Gasteiger partial charge in [0.2, 0.25) is 0 Å². The number of nitrogens with zero attached hydrogens (tertiary/aromatic N) is 2. The standard InChI is InChI=1S/C23H22ClN3O5/c1-14-21(15(2)27(26-14)12-16-8-4-6-10-18(16)24)23(30)32-13-20(28)25-22(29)17-9-5-7-11-19(17)31-3/h4-11H,12-13H2,1-3H3,(H,25,28,29). The zero-order chi connectivity index (χ0) is 23.3. The van der Waals surface area contributed by atoms with Crippen molar-refractivity contribution < 1.29 is 23.9 Å². The number of hydrogen-bond acceptors (Lipinski definition) is 6. The molecule has 0 saturated carbocycles. The fraction of sp³-hybridized carbons (Fsp3) is 0.217. The summed E-state index contributed by atoms with van der Waals surface area (Å²) in [6.07, 6.45) is 0. The van der Waals surface area contributed by atoms with E-state index in [4.69, 9.17) is 21.1 Å². The van der Waals surface area contributed by atoms with Gasteiger partial charge in [-0.05, 0) is 37.6 Å². The summed E-state index contributed by atoms with van der Waals surface area (Å²) in [4.78, 5) is 37.0. The number of aryl methyl sites for hydroxylation is 1. The van der Waals surface area contributed by atoms with E-state index in [0.29, 0.717) is 28.7 Å². The Kier molecular flexibility index (Phi) is 7.27. The molecule has 0 unspecified atom stereocenters. The molecular formula is C23H22ClN3O5. The average molecular weight is 456 g/mol. The van der Waals surface area contributed by atoms with E-state index in [2.05, 4.69) is 10.4 Å². The molecule has 0 radical (unpaired) electrons. The molecule has 2 amide bonds. The highest BCUT2D eigenvalue weighted by atomic mass is 35.5. The van der Waals surface area contributed by atoms with Crippen LogP contribution in [0.3, 0.4) is 0 Å². The molecule has 32 heavy (non-hydrogen) atoms. The van der Waals surface area contributed by atoms with Crippen LogP contribution in [0.2, 0.25) is 5.02 Å². The summed E-state index contributed by atoms with van der Waals surface area (Å²) < 4.78 is 11.9. The summed E-state index contributed by atoms with van der Waals surface area (Å²) in [5.41, 5.74) is 2.36. The second kappa shape index (κ2) is 10.1. The van der Waals surface area contributed by atoms with Crippen molar-refractivity contribution in [3.8, 4) is 5.75 Å². The van der Waals surface area contributed by atoms with E-state index in [0.717, 1.165) is 5.56 Å². The van der Waals surface area contributed by atoms with Gasteiger partial charge in [-0.2, -0.15) is 5.10 Å². The minimum absolute atomic E-state index is 0.196. The maximum atomic E-state index is 12.6. The molecule has 0 fully saturated rings. The second-order valence-corrected chi connectivity index (χ2v) is 7.36. The molecule has 1 aromatic heterocycles. The van der Waals surface area contributed by atoms with Crippen molar-refractivity contribution in [2.75, 3.05) is 13.7 Å². The molecule has 3 aromatic rings. The molecule has 0 saturated heterocycles. The number of esters is 1. The molecule has 3 rings (SSSR count). The van der Waals surface area contributed by atoms with Gasteiger partial charge >= 0.3 is 5.97 Å². The zero-order valence-electron chi connectivity index (χ0n) is 17.8. The number of amides is 2. The van der Waals surface area contributed by atoms with Crippen LogP contribution in [0.1, 0.15) is 37.7 Å². The van der Waals surface area contributed by atoms with Gasteiger partial charge in [0, 0.05) is 5.02 Å². The summed E-state index contributed by atoms with van der Waals surface area (Å²) in [5.74, 6) is -1.78. The number of nitrogens with one attached hydrogen (secondary N) is 1. The van der Waals surface area contributed by atoms with Gasteiger partial charge in [-0.1, -0.05) is 41.9 Å². The first-order valence-corrected chi connectivity index (χ1v) is 10.1. The summed E-state index contributed by atoms with van der Waals surface area (Å²) >= 11 is 6.21. The molecular weight excluding hydrogens is 434 g/mol. The van der Waals surface area contributed by atoms with Gasteiger partial charge in [-0.25, -0.2) is 4.79 Å². The van der Waals surface area contributed by atoms with Crippen LogP contribution in [0.5, 0.6) is 5.75 Å². The molecule has 9 heteroatoms. The minimum atomic E-state index is -0.756. The van der Waals surface area contributed by atoms with Crippen LogP contribution < -0.4 is 10.1 Å². The van der Waals surface area contributed by atoms with Crippen molar-refractivity contribution in [3.05, 3.63) is 81.6 Å². The fourth-order valence-corrected chi connectivity index (χ4v) is 3.40. The normalized spacial score (nSPS) is 10.5. The van der Waals surface area contributed by atoms with Crippen LogP contribution in [0.25, 0.3) is 0 Å². The largest absolute Gasteiger partial charge is 0.496 e. The third kappa shape index (κ3) is 5.15. The molecule has 0 aliphatic heterocycles. The van der Waals surface area contributed by atoms with Gasteiger partial charge in [0.05, 0.1) is 30.6 Å². The van der Waals surface area contributed by atoms with Crippen LogP contribution in [0.4, 0.5) is 0 Å². The van der Waals surface area contributed by atoms with Gasteiger partial charge in [0.25, 0.3) is 11.8 Å². The Balaban J connectivity index is 1.63. The van der Waals surface area contributed by atoms with Gasteiger partial charge in [0.1, 0.15) is 11.3 Å². The maximum Gasteiger partial charge on any atom is 0.342 e. The Morgan fingerprint density at radius 1 is 1.06 bits per heavy atom. The monoisotopic (exact) mass is 455 g/mol. The van der Waals surface area contributed by atoms with Crippen LogP contribution >= 0.6 is 11.6 Å². The van der Waals surface area contributed by atoms with E-state index in [9.17, 15) is 14.4 Å². The summed E-state index contributed by atoms with van der Waals surface area (Å²) in [5, 5.41) is 7.17. The third-order valence-electron chi connectivity index (χ3n) is 4.80. The van der Waals surface area contributed by atoms with E-state index >= 15 is 0 Å². The van der Waals surface area contributed by atoms with E-state index in [-0.39, 0.29) is 11.1 Å². The average Bonchev–Trinajstić information content (AvgIpc) is 3.06. The van der Waals surface area contributed by atoms with Crippen LogP contribution in [0, 0.1) is 13.8 Å². The molecule has 1 heterocycles. The summed E-state index contributed by atoms with van der Waals surface area (Å²) in [7, 11) is 1.42. The van der Waals surface area contributed by atoms with E-state index in [1.54, 1.807) is 42.8 Å². The topological polar surface area (TPSA) is 99.5 Å². The number of ether oxygens (including phenoxy) is 2. The number of aromatic nitrogens is 2. The van der Waals surface area contributed by atoms with Crippen LogP contribution in [0.15, 0.2) is 48.5 Å². The third-order valence-corrected chi connectivity index (χ3v) is 5.17. The van der Waals surface area contributed by atoms with Crippen molar-refractivity contribution in [3.63, 3.8) is 0 Å². The Hall–Kier alpha value is -3.65. The van der Waals surface area contributed by atoms with Gasteiger partial charge in [-0.15, -0.1) is 0 Å². The highest BCUT2D eigenvalue weighted by molar-refractivity contribution is 6.31. The number of benzene rings is 2. The number of methoxy groups -OCH3 is 1. The smallest absolute Gasteiger partial charge is 0.342 e. The van der Waals surface area contributed by atoms with Gasteiger partial charge < -0.3 is 9.47 Å². The Labute approximate surface area is 190 Å². The lowest BCUT2D eigenvalue weighted by atomic mass is 10.2. The molecule has 166 valence electrons. The Morgan fingerprint density at radius 3 is 2.47 bits per heavy atom. The van der Waals surface area contributed by atoms with Crippen molar-refractivity contribution in [1.29, 1.82) is 0 Å². The van der Waals surface area contributed by atoms with E-state index in [1.807, 2.05) is 18.2 Å². The highest BCUT2D eigenvalue weighted by Gasteiger charge is 2.22. The molecule has 8 nitrogen and oxygen atoms in total. The lowest BCUT2D eigenvalue weighted by molar-refractivity contribution is -0.123. The summed E-state index contributed by atoms with van der Waals surface area (Å²) in [6, 6.07) is 13.8. The van der Waals surface area contributed by atoms with Crippen molar-refractivity contribution in [2.24, 2.45) is 0 Å². The Morgan fingerprint density at radius 2 is 1.75 bits per heavy atom.